The molecule has 1 fully saturated rings. The molecule has 0 N–H and O–H groups in total. The van der Waals surface area contributed by atoms with Crippen LogP contribution in [0.1, 0.15) is 20.8 Å². The van der Waals surface area contributed by atoms with E-state index in [0.29, 0.717) is 31.7 Å². The van der Waals surface area contributed by atoms with Crippen LogP contribution in [0.15, 0.2) is 30.5 Å². The molecule has 3 rings (SSSR count). The molecule has 0 aliphatic carbocycles. The average Bonchev–Trinajstić information content (AvgIpc) is 2.59. The van der Waals surface area contributed by atoms with Gasteiger partial charge in [0.05, 0.1) is 10.4 Å². The van der Waals surface area contributed by atoms with E-state index in [9.17, 15) is 14.9 Å². The van der Waals surface area contributed by atoms with Crippen LogP contribution in [0, 0.1) is 10.1 Å². The van der Waals surface area contributed by atoms with Gasteiger partial charge in [0.2, 0.25) is 0 Å². The highest BCUT2D eigenvalue weighted by Gasteiger charge is 2.26. The lowest BCUT2D eigenvalue weighted by atomic mass is 10.1. The molecule has 0 saturated carbocycles. The summed E-state index contributed by atoms with van der Waals surface area (Å²) < 4.78 is 5.41. The minimum atomic E-state index is -0.519. The molecule has 0 atom stereocenters. The number of hydrogen-bond acceptors (Lipinski definition) is 6. The molecule has 0 bridgehead atoms. The highest BCUT2D eigenvalue weighted by molar-refractivity contribution is 5.93. The van der Waals surface area contributed by atoms with Crippen LogP contribution in [0.25, 0.3) is 10.9 Å². The minimum Gasteiger partial charge on any atom is -0.444 e. The second-order valence-corrected chi connectivity index (χ2v) is 7.24. The van der Waals surface area contributed by atoms with Crippen LogP contribution >= 0.6 is 0 Å². The maximum Gasteiger partial charge on any atom is 0.410 e. The standard InChI is InChI=1S/C18H22N4O4/c1-18(2,3)26-17(23)21-10-8-20(9-11-21)16-6-7-19-15-5-4-13(22(24)25)12-14(15)16/h4-7,12H,8-11H2,1-3H3. The van der Waals surface area contributed by atoms with Crippen molar-refractivity contribution in [3.63, 3.8) is 0 Å². The second kappa shape index (κ2) is 6.78. The molecule has 2 aromatic rings. The Morgan fingerprint density at radius 3 is 2.50 bits per heavy atom. The van der Waals surface area contributed by atoms with E-state index in [1.165, 1.54) is 6.07 Å². The van der Waals surface area contributed by atoms with E-state index in [4.69, 9.17) is 4.74 Å². The molecule has 0 unspecified atom stereocenters. The molecule has 0 radical (unpaired) electrons. The third-order valence-corrected chi connectivity index (χ3v) is 4.18. The van der Waals surface area contributed by atoms with Gasteiger partial charge >= 0.3 is 6.09 Å². The van der Waals surface area contributed by atoms with E-state index >= 15 is 0 Å². The maximum absolute atomic E-state index is 12.2. The third-order valence-electron chi connectivity index (χ3n) is 4.18. The number of ether oxygens (including phenoxy) is 1. The summed E-state index contributed by atoms with van der Waals surface area (Å²) >= 11 is 0. The summed E-state index contributed by atoms with van der Waals surface area (Å²) in [6.07, 6.45) is 1.39. The van der Waals surface area contributed by atoms with Crippen molar-refractivity contribution in [2.24, 2.45) is 0 Å². The minimum absolute atomic E-state index is 0.0409. The van der Waals surface area contributed by atoms with E-state index in [1.54, 1.807) is 23.2 Å². The number of amides is 1. The van der Waals surface area contributed by atoms with Crippen LogP contribution < -0.4 is 4.90 Å². The summed E-state index contributed by atoms with van der Waals surface area (Å²) in [4.78, 5) is 31.0. The van der Waals surface area contributed by atoms with Gasteiger partial charge in [-0.3, -0.25) is 15.1 Å². The lowest BCUT2D eigenvalue weighted by Crippen LogP contribution is -2.50. The summed E-state index contributed by atoms with van der Waals surface area (Å²) in [7, 11) is 0. The number of hydrogen-bond donors (Lipinski definition) is 0. The molecular formula is C18H22N4O4. The first-order valence-electron chi connectivity index (χ1n) is 8.51. The van der Waals surface area contributed by atoms with Gasteiger partial charge in [-0.05, 0) is 32.9 Å². The molecular weight excluding hydrogens is 336 g/mol. The second-order valence-electron chi connectivity index (χ2n) is 7.24. The topological polar surface area (TPSA) is 88.8 Å². The van der Waals surface area contributed by atoms with Crippen LogP contribution in [0.3, 0.4) is 0 Å². The fourth-order valence-corrected chi connectivity index (χ4v) is 2.97. The fourth-order valence-electron chi connectivity index (χ4n) is 2.97. The van der Waals surface area contributed by atoms with Crippen molar-refractivity contribution in [2.75, 3.05) is 31.1 Å². The number of benzene rings is 1. The molecule has 1 aliphatic heterocycles. The Balaban J connectivity index is 1.78. The number of rotatable bonds is 2. The molecule has 2 heterocycles. The van der Waals surface area contributed by atoms with Gasteiger partial charge in [0.15, 0.2) is 0 Å². The number of nitrogens with zero attached hydrogens (tertiary/aromatic N) is 4. The normalized spacial score (nSPS) is 15.2. The van der Waals surface area contributed by atoms with E-state index in [2.05, 4.69) is 9.88 Å². The number of piperazine rings is 1. The first kappa shape index (κ1) is 17.9. The van der Waals surface area contributed by atoms with E-state index in [1.807, 2.05) is 26.8 Å². The Morgan fingerprint density at radius 1 is 1.19 bits per heavy atom. The number of non-ortho nitro benzene ring substituents is 1. The van der Waals surface area contributed by atoms with Crippen LogP contribution in [0.2, 0.25) is 0 Å². The van der Waals surface area contributed by atoms with E-state index in [0.717, 1.165) is 11.1 Å². The summed E-state index contributed by atoms with van der Waals surface area (Å²) in [5.41, 5.74) is 1.12. The van der Waals surface area contributed by atoms with Crippen molar-refractivity contribution in [1.29, 1.82) is 0 Å². The van der Waals surface area contributed by atoms with Crippen molar-refractivity contribution in [1.82, 2.24) is 9.88 Å². The zero-order chi connectivity index (χ0) is 18.9. The number of nitro groups is 1. The molecule has 1 aromatic carbocycles. The van der Waals surface area contributed by atoms with Gasteiger partial charge in [-0.15, -0.1) is 0 Å². The molecule has 1 aromatic heterocycles. The quantitative estimate of drug-likeness (QED) is 0.605. The smallest absolute Gasteiger partial charge is 0.410 e. The molecule has 138 valence electrons. The monoisotopic (exact) mass is 358 g/mol. The van der Waals surface area contributed by atoms with Crippen molar-refractivity contribution in [3.05, 3.63) is 40.6 Å². The first-order valence-corrected chi connectivity index (χ1v) is 8.51. The Hall–Kier alpha value is -2.90. The van der Waals surface area contributed by atoms with Crippen LogP contribution in [-0.2, 0) is 4.74 Å². The van der Waals surface area contributed by atoms with Crippen molar-refractivity contribution < 1.29 is 14.5 Å². The molecule has 1 amide bonds. The predicted molar refractivity (Wildman–Crippen MR) is 98.4 cm³/mol. The largest absolute Gasteiger partial charge is 0.444 e. The zero-order valence-corrected chi connectivity index (χ0v) is 15.1. The number of anilines is 1. The molecule has 8 nitrogen and oxygen atoms in total. The highest BCUT2D eigenvalue weighted by atomic mass is 16.6. The maximum atomic E-state index is 12.2. The van der Waals surface area contributed by atoms with Crippen LogP contribution in [0.5, 0.6) is 0 Å². The van der Waals surface area contributed by atoms with Gasteiger partial charge < -0.3 is 14.5 Å². The Bertz CT molecular complexity index is 839. The van der Waals surface area contributed by atoms with Crippen LogP contribution in [-0.4, -0.2) is 52.7 Å². The lowest BCUT2D eigenvalue weighted by molar-refractivity contribution is -0.384. The summed E-state index contributed by atoms with van der Waals surface area (Å²) in [5, 5.41) is 11.8. The van der Waals surface area contributed by atoms with Crippen molar-refractivity contribution in [3.8, 4) is 0 Å². The number of aromatic nitrogens is 1. The number of pyridine rings is 1. The first-order chi connectivity index (χ1) is 12.2. The highest BCUT2D eigenvalue weighted by Crippen LogP contribution is 2.29. The van der Waals surface area contributed by atoms with Crippen LogP contribution in [0.4, 0.5) is 16.2 Å². The van der Waals surface area contributed by atoms with Gasteiger partial charge in [-0.25, -0.2) is 4.79 Å². The third kappa shape index (κ3) is 3.84. The zero-order valence-electron chi connectivity index (χ0n) is 15.1. The Labute approximate surface area is 151 Å². The van der Waals surface area contributed by atoms with E-state index in [-0.39, 0.29) is 11.8 Å². The number of nitro benzene ring substituents is 1. The summed E-state index contributed by atoms with van der Waals surface area (Å²) in [6, 6.07) is 6.53. The molecule has 0 spiro atoms. The van der Waals surface area contributed by atoms with E-state index < -0.39 is 10.5 Å². The van der Waals surface area contributed by atoms with Gasteiger partial charge in [-0.2, -0.15) is 0 Å². The Morgan fingerprint density at radius 2 is 1.88 bits per heavy atom. The summed E-state index contributed by atoms with van der Waals surface area (Å²) in [5.74, 6) is 0. The Kier molecular flexibility index (Phi) is 4.67. The predicted octanol–water partition coefficient (Wildman–Crippen LogP) is 3.20. The van der Waals surface area contributed by atoms with Gasteiger partial charge in [0.25, 0.3) is 5.69 Å². The molecule has 1 saturated heterocycles. The number of carbonyl (C=O) groups is 1. The molecule has 8 heteroatoms. The number of carbonyl (C=O) groups excluding carboxylic acids is 1. The SMILES string of the molecule is CC(C)(C)OC(=O)N1CCN(c2ccnc3ccc([N+](=O)[O-])cc23)CC1. The summed E-state index contributed by atoms with van der Waals surface area (Å²) in [6.45, 7) is 7.86. The van der Waals surface area contributed by atoms with Crippen molar-refractivity contribution >= 4 is 28.4 Å². The van der Waals surface area contributed by atoms with Crippen molar-refractivity contribution in [2.45, 2.75) is 26.4 Å². The molecule has 26 heavy (non-hydrogen) atoms. The number of fused-ring (bicyclic) bond motifs is 1. The van der Waals surface area contributed by atoms with Gasteiger partial charge in [0.1, 0.15) is 5.60 Å². The van der Waals surface area contributed by atoms with Gasteiger partial charge in [-0.1, -0.05) is 0 Å². The fraction of sp³-hybridized carbons (Fsp3) is 0.444. The average molecular weight is 358 g/mol. The lowest BCUT2D eigenvalue weighted by Gasteiger charge is -2.37. The molecule has 1 aliphatic rings. The van der Waals surface area contributed by atoms with Gasteiger partial charge in [0, 0.05) is 55.6 Å².